The summed E-state index contributed by atoms with van der Waals surface area (Å²) in [6.07, 6.45) is 2.81. The number of halogens is 1. The molecule has 0 fully saturated rings. The van der Waals surface area contributed by atoms with Crippen LogP contribution in [-0.2, 0) is 6.54 Å². The lowest BCUT2D eigenvalue weighted by molar-refractivity contribution is 0.0952. The Morgan fingerprint density at radius 3 is 2.67 bits per heavy atom. The van der Waals surface area contributed by atoms with E-state index in [1.165, 1.54) is 5.56 Å². The number of nitrogens with one attached hydrogen (secondary N) is 1. The van der Waals surface area contributed by atoms with Gasteiger partial charge < -0.3 is 5.32 Å². The number of hydrogen-bond acceptors (Lipinski definition) is 2. The van der Waals surface area contributed by atoms with Crippen molar-refractivity contribution < 1.29 is 4.79 Å². The van der Waals surface area contributed by atoms with E-state index in [1.807, 2.05) is 49.8 Å². The number of carbonyl (C=O) groups is 1. The van der Waals surface area contributed by atoms with E-state index < -0.39 is 0 Å². The van der Waals surface area contributed by atoms with Gasteiger partial charge in [-0.2, -0.15) is 5.10 Å². The highest BCUT2D eigenvalue weighted by molar-refractivity contribution is 9.10. The molecule has 1 aromatic carbocycles. The number of rotatable bonds is 5. The fraction of sp³-hybridized carbons (Fsp3) is 0.375. The normalized spacial score (nSPS) is 10.7. The second-order valence-electron chi connectivity index (χ2n) is 5.23. The average Bonchev–Trinajstić information content (AvgIpc) is 2.76. The molecule has 1 N–H and O–H groups in total. The zero-order valence-corrected chi connectivity index (χ0v) is 14.2. The van der Waals surface area contributed by atoms with Gasteiger partial charge in [0.2, 0.25) is 0 Å². The lowest BCUT2D eigenvalue weighted by atomic mass is 10.1. The van der Waals surface area contributed by atoms with Crippen LogP contribution < -0.4 is 5.32 Å². The second kappa shape index (κ2) is 6.89. The zero-order chi connectivity index (χ0) is 15.4. The molecule has 0 unspecified atom stereocenters. The number of benzene rings is 1. The van der Waals surface area contributed by atoms with Crippen molar-refractivity contribution in [2.24, 2.45) is 0 Å². The van der Waals surface area contributed by atoms with Crippen molar-refractivity contribution in [1.82, 2.24) is 15.1 Å². The second-order valence-corrected chi connectivity index (χ2v) is 6.09. The molecule has 0 bridgehead atoms. The van der Waals surface area contributed by atoms with Crippen LogP contribution in [0.25, 0.3) is 0 Å². The largest absolute Gasteiger partial charge is 0.352 e. The van der Waals surface area contributed by atoms with Crippen LogP contribution in [0.2, 0.25) is 0 Å². The third kappa shape index (κ3) is 4.17. The Labute approximate surface area is 133 Å². The molecule has 0 aliphatic carbocycles. The molecular formula is C16H20BrN3O. The van der Waals surface area contributed by atoms with E-state index in [0.717, 1.165) is 34.3 Å². The summed E-state index contributed by atoms with van der Waals surface area (Å²) in [7, 11) is 0. The fourth-order valence-electron chi connectivity index (χ4n) is 2.04. The molecule has 112 valence electrons. The van der Waals surface area contributed by atoms with Crippen LogP contribution in [0, 0.1) is 20.8 Å². The zero-order valence-electron chi connectivity index (χ0n) is 12.6. The smallest absolute Gasteiger partial charge is 0.251 e. The first-order valence-corrected chi connectivity index (χ1v) is 7.81. The van der Waals surface area contributed by atoms with E-state index in [1.54, 1.807) is 0 Å². The van der Waals surface area contributed by atoms with Crippen molar-refractivity contribution in [2.75, 3.05) is 6.54 Å². The Morgan fingerprint density at radius 2 is 2.05 bits per heavy atom. The SMILES string of the molecule is Cc1ccc(C(=O)NCCCn2cc(Br)c(C)n2)cc1C. The highest BCUT2D eigenvalue weighted by Gasteiger charge is 2.06. The van der Waals surface area contributed by atoms with Gasteiger partial charge in [-0.1, -0.05) is 6.07 Å². The van der Waals surface area contributed by atoms with Gasteiger partial charge in [-0.05, 0) is 66.4 Å². The van der Waals surface area contributed by atoms with Gasteiger partial charge in [0, 0.05) is 24.8 Å². The summed E-state index contributed by atoms with van der Waals surface area (Å²) in [5.41, 5.74) is 4.04. The molecular weight excluding hydrogens is 330 g/mol. The maximum atomic E-state index is 12.0. The highest BCUT2D eigenvalue weighted by atomic mass is 79.9. The number of aromatic nitrogens is 2. The molecule has 2 rings (SSSR count). The number of aryl methyl sites for hydroxylation is 4. The van der Waals surface area contributed by atoms with Gasteiger partial charge in [0.25, 0.3) is 5.91 Å². The number of nitrogens with zero attached hydrogens (tertiary/aromatic N) is 2. The minimum atomic E-state index is -0.0177. The van der Waals surface area contributed by atoms with Crippen LogP contribution in [0.15, 0.2) is 28.9 Å². The van der Waals surface area contributed by atoms with Crippen LogP contribution >= 0.6 is 15.9 Å². The van der Waals surface area contributed by atoms with Crippen LogP contribution in [0.1, 0.15) is 33.6 Å². The monoisotopic (exact) mass is 349 g/mol. The fourth-order valence-corrected chi connectivity index (χ4v) is 2.35. The van der Waals surface area contributed by atoms with Crippen molar-refractivity contribution >= 4 is 21.8 Å². The van der Waals surface area contributed by atoms with Crippen LogP contribution in [-0.4, -0.2) is 22.2 Å². The Kier molecular flexibility index (Phi) is 5.17. The third-order valence-electron chi connectivity index (χ3n) is 3.51. The predicted octanol–water partition coefficient (Wildman–Crippen LogP) is 3.39. The van der Waals surface area contributed by atoms with E-state index in [4.69, 9.17) is 0 Å². The van der Waals surface area contributed by atoms with E-state index >= 15 is 0 Å². The molecule has 0 aliphatic heterocycles. The van der Waals surface area contributed by atoms with Crippen LogP contribution in [0.5, 0.6) is 0 Å². The third-order valence-corrected chi connectivity index (χ3v) is 4.28. The molecule has 1 amide bonds. The van der Waals surface area contributed by atoms with E-state index in [9.17, 15) is 4.79 Å². The summed E-state index contributed by atoms with van der Waals surface area (Å²) in [5.74, 6) is -0.0177. The Hall–Kier alpha value is -1.62. The summed E-state index contributed by atoms with van der Waals surface area (Å²) in [6, 6.07) is 5.78. The maximum Gasteiger partial charge on any atom is 0.251 e. The van der Waals surface area contributed by atoms with Gasteiger partial charge in [-0.25, -0.2) is 0 Å². The van der Waals surface area contributed by atoms with Gasteiger partial charge in [-0.3, -0.25) is 9.48 Å². The Bertz CT molecular complexity index is 629. The number of hydrogen-bond donors (Lipinski definition) is 1. The Balaban J connectivity index is 1.80. The van der Waals surface area contributed by atoms with Crippen molar-refractivity contribution in [2.45, 2.75) is 33.7 Å². The highest BCUT2D eigenvalue weighted by Crippen LogP contribution is 2.13. The number of carbonyl (C=O) groups excluding carboxylic acids is 1. The molecule has 5 heteroatoms. The molecule has 0 saturated carbocycles. The van der Waals surface area contributed by atoms with E-state index in [-0.39, 0.29) is 5.91 Å². The standard InChI is InChI=1S/C16H20BrN3O/c1-11-5-6-14(9-12(11)2)16(21)18-7-4-8-20-10-15(17)13(3)19-20/h5-6,9-10H,4,7-8H2,1-3H3,(H,18,21). The molecule has 0 radical (unpaired) electrons. The lowest BCUT2D eigenvalue weighted by Crippen LogP contribution is -2.25. The van der Waals surface area contributed by atoms with E-state index in [2.05, 4.69) is 26.3 Å². The maximum absolute atomic E-state index is 12.0. The van der Waals surface area contributed by atoms with E-state index in [0.29, 0.717) is 6.54 Å². The summed E-state index contributed by atoms with van der Waals surface area (Å²) >= 11 is 3.44. The van der Waals surface area contributed by atoms with Gasteiger partial charge in [0.15, 0.2) is 0 Å². The van der Waals surface area contributed by atoms with Crippen molar-refractivity contribution in [3.63, 3.8) is 0 Å². The first-order chi connectivity index (χ1) is 9.97. The van der Waals surface area contributed by atoms with Gasteiger partial charge in [0.05, 0.1) is 10.2 Å². The van der Waals surface area contributed by atoms with Crippen molar-refractivity contribution in [3.8, 4) is 0 Å². The average molecular weight is 350 g/mol. The summed E-state index contributed by atoms with van der Waals surface area (Å²) < 4.78 is 2.91. The summed E-state index contributed by atoms with van der Waals surface area (Å²) in [5, 5.41) is 7.31. The first kappa shape index (κ1) is 15.8. The number of amides is 1. The lowest BCUT2D eigenvalue weighted by Gasteiger charge is -2.07. The molecule has 0 spiro atoms. The molecule has 0 atom stereocenters. The summed E-state index contributed by atoms with van der Waals surface area (Å²) in [6.45, 7) is 7.45. The molecule has 21 heavy (non-hydrogen) atoms. The van der Waals surface area contributed by atoms with Crippen molar-refractivity contribution in [1.29, 1.82) is 0 Å². The van der Waals surface area contributed by atoms with Crippen molar-refractivity contribution in [3.05, 3.63) is 51.3 Å². The minimum absolute atomic E-state index is 0.0177. The minimum Gasteiger partial charge on any atom is -0.352 e. The molecule has 4 nitrogen and oxygen atoms in total. The molecule has 1 heterocycles. The molecule has 0 saturated heterocycles. The van der Waals surface area contributed by atoms with Gasteiger partial charge in [-0.15, -0.1) is 0 Å². The molecule has 1 aromatic heterocycles. The quantitative estimate of drug-likeness (QED) is 0.841. The Morgan fingerprint density at radius 1 is 1.29 bits per heavy atom. The molecule has 2 aromatic rings. The molecule has 0 aliphatic rings. The van der Waals surface area contributed by atoms with Crippen LogP contribution in [0.4, 0.5) is 0 Å². The van der Waals surface area contributed by atoms with Crippen LogP contribution in [0.3, 0.4) is 0 Å². The van der Waals surface area contributed by atoms with Gasteiger partial charge in [0.1, 0.15) is 0 Å². The predicted molar refractivity (Wildman–Crippen MR) is 87.5 cm³/mol. The summed E-state index contributed by atoms with van der Waals surface area (Å²) in [4.78, 5) is 12.0. The van der Waals surface area contributed by atoms with Gasteiger partial charge >= 0.3 is 0 Å². The first-order valence-electron chi connectivity index (χ1n) is 7.02. The topological polar surface area (TPSA) is 46.9 Å².